The minimum atomic E-state index is 0.174. The van der Waals surface area contributed by atoms with E-state index in [-0.39, 0.29) is 6.10 Å². The fraction of sp³-hybridized carbons (Fsp3) is 0.222. The van der Waals surface area contributed by atoms with Crippen molar-refractivity contribution >= 4 is 16.6 Å². The maximum atomic E-state index is 5.95. The van der Waals surface area contributed by atoms with Gasteiger partial charge in [-0.2, -0.15) is 0 Å². The average Bonchev–Trinajstić information content (AvgIpc) is 3.33. The van der Waals surface area contributed by atoms with E-state index in [0.717, 1.165) is 47.6 Å². The average molecular weight is 320 g/mol. The van der Waals surface area contributed by atoms with Crippen LogP contribution in [0.4, 0.5) is 0 Å². The highest BCUT2D eigenvalue weighted by atomic mass is 16.5. The lowest BCUT2D eigenvalue weighted by atomic mass is 10.2. The number of imidazole rings is 1. The van der Waals surface area contributed by atoms with E-state index in [0.29, 0.717) is 5.88 Å². The smallest absolute Gasteiger partial charge is 0.232 e. The van der Waals surface area contributed by atoms with Crippen LogP contribution in [0.1, 0.15) is 6.42 Å². The van der Waals surface area contributed by atoms with Crippen molar-refractivity contribution in [3.05, 3.63) is 48.7 Å². The first-order chi connectivity index (χ1) is 11.9. The van der Waals surface area contributed by atoms with Crippen LogP contribution < -0.4 is 10.1 Å². The Morgan fingerprint density at radius 3 is 3.04 bits per heavy atom. The van der Waals surface area contributed by atoms with Crippen molar-refractivity contribution in [1.29, 1.82) is 0 Å². The van der Waals surface area contributed by atoms with Crippen molar-refractivity contribution in [2.24, 2.45) is 0 Å². The predicted octanol–water partition coefficient (Wildman–Crippen LogP) is 2.88. The van der Waals surface area contributed by atoms with E-state index in [4.69, 9.17) is 9.15 Å². The molecule has 5 rings (SSSR count). The highest BCUT2D eigenvalue weighted by molar-refractivity contribution is 5.82. The summed E-state index contributed by atoms with van der Waals surface area (Å²) in [5.74, 6) is 1.35. The number of aromatic nitrogens is 3. The largest absolute Gasteiger partial charge is 0.472 e. The number of benzene rings is 1. The van der Waals surface area contributed by atoms with E-state index in [9.17, 15) is 0 Å². The Morgan fingerprint density at radius 2 is 2.17 bits per heavy atom. The Balaban J connectivity index is 1.57. The van der Waals surface area contributed by atoms with Gasteiger partial charge in [-0.05, 0) is 31.2 Å². The van der Waals surface area contributed by atoms with Crippen molar-refractivity contribution in [3.8, 4) is 17.3 Å². The molecule has 0 radical (unpaired) electrons. The van der Waals surface area contributed by atoms with Gasteiger partial charge < -0.3 is 14.5 Å². The Kier molecular flexibility index (Phi) is 3.02. The third kappa shape index (κ3) is 2.23. The van der Waals surface area contributed by atoms with Gasteiger partial charge in [0.2, 0.25) is 5.88 Å². The number of ether oxygens (including phenoxy) is 1. The highest BCUT2D eigenvalue weighted by Gasteiger charge is 2.18. The third-order valence-corrected chi connectivity index (χ3v) is 4.32. The maximum Gasteiger partial charge on any atom is 0.232 e. The van der Waals surface area contributed by atoms with Crippen molar-refractivity contribution < 1.29 is 9.15 Å². The lowest BCUT2D eigenvalue weighted by Gasteiger charge is -2.11. The molecular formula is C18H16N4O2. The van der Waals surface area contributed by atoms with Gasteiger partial charge in [-0.3, -0.25) is 0 Å². The monoisotopic (exact) mass is 320 g/mol. The second-order valence-electron chi connectivity index (χ2n) is 5.97. The summed E-state index contributed by atoms with van der Waals surface area (Å²) in [4.78, 5) is 4.41. The molecule has 0 bridgehead atoms. The normalized spacial score (nSPS) is 17.8. The van der Waals surface area contributed by atoms with Gasteiger partial charge in [0, 0.05) is 18.0 Å². The molecule has 4 aromatic rings. The van der Waals surface area contributed by atoms with Gasteiger partial charge in [-0.25, -0.2) is 9.50 Å². The lowest BCUT2D eigenvalue weighted by molar-refractivity contribution is 0.211. The fourth-order valence-corrected chi connectivity index (χ4v) is 3.09. The van der Waals surface area contributed by atoms with Crippen LogP contribution in [0.3, 0.4) is 0 Å². The first-order valence-corrected chi connectivity index (χ1v) is 8.08. The summed E-state index contributed by atoms with van der Waals surface area (Å²) >= 11 is 0. The molecule has 120 valence electrons. The number of para-hydroxylation sites is 1. The van der Waals surface area contributed by atoms with Crippen molar-refractivity contribution in [2.75, 3.05) is 13.1 Å². The molecule has 0 saturated carbocycles. The van der Waals surface area contributed by atoms with Crippen molar-refractivity contribution in [3.63, 3.8) is 0 Å². The van der Waals surface area contributed by atoms with Crippen LogP contribution in [0.2, 0.25) is 0 Å². The molecule has 0 aliphatic carbocycles. The standard InChI is InChI=1S/C18H16N4O2/c1-2-4-15-12(3-1)9-16(24-15)14-11-20-17-5-6-18(21-22(14)17)23-13-7-8-19-10-13/h1-6,9,11,13,19H,7-8,10H2/t13-/m1/s1. The zero-order chi connectivity index (χ0) is 15.9. The highest BCUT2D eigenvalue weighted by Crippen LogP contribution is 2.28. The van der Waals surface area contributed by atoms with Crippen molar-refractivity contribution in [2.45, 2.75) is 12.5 Å². The Labute approximate surface area is 138 Å². The summed E-state index contributed by atoms with van der Waals surface area (Å²) in [5, 5.41) is 8.94. The molecule has 1 aliphatic heterocycles. The second-order valence-corrected chi connectivity index (χ2v) is 5.97. The van der Waals surface area contributed by atoms with Crippen LogP contribution in [0.25, 0.3) is 28.1 Å². The van der Waals surface area contributed by atoms with Crippen LogP contribution in [-0.2, 0) is 0 Å². The number of hydrogen-bond acceptors (Lipinski definition) is 5. The van der Waals surface area contributed by atoms with Gasteiger partial charge in [-0.15, -0.1) is 5.10 Å². The molecule has 3 aromatic heterocycles. The zero-order valence-electron chi connectivity index (χ0n) is 13.0. The van der Waals surface area contributed by atoms with E-state index < -0.39 is 0 Å². The summed E-state index contributed by atoms with van der Waals surface area (Å²) in [5.41, 5.74) is 2.44. The maximum absolute atomic E-state index is 5.95. The van der Waals surface area contributed by atoms with E-state index in [1.807, 2.05) is 42.5 Å². The summed E-state index contributed by atoms with van der Waals surface area (Å²) in [6.45, 7) is 1.85. The lowest BCUT2D eigenvalue weighted by Crippen LogP contribution is -2.20. The summed E-state index contributed by atoms with van der Waals surface area (Å²) in [7, 11) is 0. The molecule has 4 heterocycles. The van der Waals surface area contributed by atoms with Crippen LogP contribution >= 0.6 is 0 Å². The first kappa shape index (κ1) is 13.6. The molecule has 1 fully saturated rings. The molecular weight excluding hydrogens is 304 g/mol. The molecule has 6 heteroatoms. The minimum absolute atomic E-state index is 0.174. The van der Waals surface area contributed by atoms with Crippen LogP contribution in [-0.4, -0.2) is 33.8 Å². The van der Waals surface area contributed by atoms with Crippen LogP contribution in [0.5, 0.6) is 5.88 Å². The topological polar surface area (TPSA) is 64.6 Å². The van der Waals surface area contributed by atoms with E-state index in [2.05, 4.69) is 15.4 Å². The van der Waals surface area contributed by atoms with Gasteiger partial charge in [0.05, 0.1) is 6.20 Å². The van der Waals surface area contributed by atoms with Crippen molar-refractivity contribution in [1.82, 2.24) is 19.9 Å². The fourth-order valence-electron chi connectivity index (χ4n) is 3.09. The predicted molar refractivity (Wildman–Crippen MR) is 90.1 cm³/mol. The second kappa shape index (κ2) is 5.35. The molecule has 1 aliphatic rings. The van der Waals surface area contributed by atoms with Gasteiger partial charge in [0.1, 0.15) is 17.4 Å². The molecule has 1 aromatic carbocycles. The Morgan fingerprint density at radius 1 is 1.21 bits per heavy atom. The molecule has 0 unspecified atom stereocenters. The molecule has 24 heavy (non-hydrogen) atoms. The SMILES string of the molecule is c1ccc2oc(-c3cnc4ccc(O[C@@H]5CCNC5)nn34)cc2c1. The van der Waals surface area contributed by atoms with Crippen LogP contribution in [0.15, 0.2) is 53.1 Å². The first-order valence-electron chi connectivity index (χ1n) is 8.08. The Bertz CT molecular complexity index is 981. The number of hydrogen-bond donors (Lipinski definition) is 1. The minimum Gasteiger partial charge on any atom is -0.472 e. The quantitative estimate of drug-likeness (QED) is 0.629. The number of rotatable bonds is 3. The van der Waals surface area contributed by atoms with Crippen LogP contribution in [0, 0.1) is 0 Å². The van der Waals surface area contributed by atoms with E-state index in [1.54, 1.807) is 10.7 Å². The molecule has 1 saturated heterocycles. The number of fused-ring (bicyclic) bond motifs is 2. The Hall–Kier alpha value is -2.86. The number of furan rings is 1. The third-order valence-electron chi connectivity index (χ3n) is 4.32. The zero-order valence-corrected chi connectivity index (χ0v) is 13.0. The molecule has 0 spiro atoms. The summed E-state index contributed by atoms with van der Waals surface area (Å²) in [6, 6.07) is 13.7. The van der Waals surface area contributed by atoms with Gasteiger partial charge in [0.25, 0.3) is 0 Å². The van der Waals surface area contributed by atoms with E-state index in [1.165, 1.54) is 0 Å². The van der Waals surface area contributed by atoms with Gasteiger partial charge in [-0.1, -0.05) is 18.2 Å². The summed E-state index contributed by atoms with van der Waals surface area (Å²) in [6.07, 6.45) is 2.95. The van der Waals surface area contributed by atoms with E-state index >= 15 is 0 Å². The molecule has 6 nitrogen and oxygen atoms in total. The summed E-state index contributed by atoms with van der Waals surface area (Å²) < 4.78 is 13.7. The number of nitrogens with zero attached hydrogens (tertiary/aromatic N) is 3. The van der Waals surface area contributed by atoms with Gasteiger partial charge >= 0.3 is 0 Å². The molecule has 1 N–H and O–H groups in total. The number of nitrogens with one attached hydrogen (secondary N) is 1. The molecule has 0 amide bonds. The van der Waals surface area contributed by atoms with Gasteiger partial charge in [0.15, 0.2) is 11.4 Å². The molecule has 1 atom stereocenters.